The summed E-state index contributed by atoms with van der Waals surface area (Å²) in [6.45, 7) is 2.09. The van der Waals surface area contributed by atoms with Gasteiger partial charge in [0, 0.05) is 23.8 Å². The summed E-state index contributed by atoms with van der Waals surface area (Å²) in [6, 6.07) is 16.8. The van der Waals surface area contributed by atoms with Crippen LogP contribution in [0.5, 0.6) is 5.75 Å². The molecule has 0 radical (unpaired) electrons. The molecule has 0 aromatic heterocycles. The Balaban J connectivity index is 1.41. The first-order valence-electron chi connectivity index (χ1n) is 11.8. The molecule has 1 atom stereocenters. The predicted octanol–water partition coefficient (Wildman–Crippen LogP) is 4.50. The van der Waals surface area contributed by atoms with Crippen molar-refractivity contribution in [2.75, 3.05) is 30.2 Å². The Labute approximate surface area is 227 Å². The van der Waals surface area contributed by atoms with Crippen LogP contribution in [0.25, 0.3) is 0 Å². The van der Waals surface area contributed by atoms with Crippen LogP contribution in [0.1, 0.15) is 18.4 Å². The zero-order valence-corrected chi connectivity index (χ0v) is 23.2. The Hall–Kier alpha value is -3.12. The molecule has 1 aliphatic heterocycles. The topological polar surface area (TPSA) is 122 Å². The first-order valence-corrected chi connectivity index (χ1v) is 15.1. The molecule has 4 rings (SSSR count). The van der Waals surface area contributed by atoms with E-state index in [1.807, 2.05) is 0 Å². The molecule has 9 nitrogen and oxygen atoms in total. The fourth-order valence-electron chi connectivity index (χ4n) is 4.15. The average molecular weight is 578 g/mol. The maximum Gasteiger partial charge on any atom is 0.261 e. The molecular formula is C26H28ClN3O6S2. The van der Waals surface area contributed by atoms with Gasteiger partial charge in [0.1, 0.15) is 5.75 Å². The predicted molar refractivity (Wildman–Crippen MR) is 147 cm³/mol. The molecule has 12 heteroatoms. The Morgan fingerprint density at radius 2 is 1.63 bits per heavy atom. The van der Waals surface area contributed by atoms with Crippen LogP contribution in [0.4, 0.5) is 11.4 Å². The lowest BCUT2D eigenvalue weighted by atomic mass is 9.99. The van der Waals surface area contributed by atoms with Crippen molar-refractivity contribution in [3.8, 4) is 5.75 Å². The molecule has 0 aliphatic carbocycles. The normalized spacial score (nSPS) is 16.6. The van der Waals surface area contributed by atoms with E-state index in [2.05, 4.69) is 10.0 Å². The Kier molecular flexibility index (Phi) is 8.31. The summed E-state index contributed by atoms with van der Waals surface area (Å²) < 4.78 is 60.8. The number of carbonyl (C=O) groups excluding carboxylic acids is 1. The number of methoxy groups -OCH3 is 1. The molecule has 1 heterocycles. The van der Waals surface area contributed by atoms with Crippen molar-refractivity contribution in [2.45, 2.75) is 29.6 Å². The van der Waals surface area contributed by atoms with Crippen LogP contribution in [0, 0.1) is 12.8 Å². The standard InChI is InChI=1S/C26H28ClN3O6S2/c1-18-24(27)6-3-7-25(18)29-37(32,33)22-12-8-20(9-13-22)28-26(31)19-5-4-16-30(17-19)38(34,35)23-14-10-21(36-2)11-15-23/h3,6-15,19,29H,4-5,16-17H2,1-2H3,(H,28,31)/t19-/m0/s1. The third-order valence-corrected chi connectivity index (χ3v) is 10.1. The molecule has 1 aliphatic rings. The number of hydrogen-bond donors (Lipinski definition) is 2. The van der Waals surface area contributed by atoms with Gasteiger partial charge in [-0.3, -0.25) is 9.52 Å². The van der Waals surface area contributed by atoms with Crippen LogP contribution in [0.15, 0.2) is 76.5 Å². The summed E-state index contributed by atoms with van der Waals surface area (Å²) >= 11 is 6.08. The Morgan fingerprint density at radius 3 is 2.29 bits per heavy atom. The lowest BCUT2D eigenvalue weighted by Crippen LogP contribution is -2.43. The monoisotopic (exact) mass is 577 g/mol. The highest BCUT2D eigenvalue weighted by atomic mass is 35.5. The Morgan fingerprint density at radius 1 is 0.974 bits per heavy atom. The molecule has 0 unspecified atom stereocenters. The van der Waals surface area contributed by atoms with E-state index in [1.165, 1.54) is 47.8 Å². The highest BCUT2D eigenvalue weighted by Crippen LogP contribution is 2.28. The summed E-state index contributed by atoms with van der Waals surface area (Å²) in [5, 5.41) is 3.22. The number of benzene rings is 3. The smallest absolute Gasteiger partial charge is 0.261 e. The van der Waals surface area contributed by atoms with Gasteiger partial charge in [-0.2, -0.15) is 4.31 Å². The third kappa shape index (κ3) is 6.12. The summed E-state index contributed by atoms with van der Waals surface area (Å²) in [5.74, 6) is -0.329. The molecule has 3 aromatic carbocycles. The van der Waals surface area contributed by atoms with Crippen molar-refractivity contribution >= 4 is 48.9 Å². The molecular weight excluding hydrogens is 550 g/mol. The lowest BCUT2D eigenvalue weighted by molar-refractivity contribution is -0.120. The van der Waals surface area contributed by atoms with E-state index >= 15 is 0 Å². The van der Waals surface area contributed by atoms with E-state index in [-0.39, 0.29) is 22.2 Å². The summed E-state index contributed by atoms with van der Waals surface area (Å²) in [7, 11) is -6.14. The molecule has 1 saturated heterocycles. The van der Waals surface area contributed by atoms with E-state index in [0.29, 0.717) is 47.1 Å². The van der Waals surface area contributed by atoms with Gasteiger partial charge in [0.05, 0.1) is 28.5 Å². The number of nitrogens with zero attached hydrogens (tertiary/aromatic N) is 1. The summed E-state index contributed by atoms with van der Waals surface area (Å²) in [5.41, 5.74) is 1.39. The number of amides is 1. The molecule has 0 saturated carbocycles. The van der Waals surface area contributed by atoms with E-state index in [0.717, 1.165) is 0 Å². The minimum absolute atomic E-state index is 0.0179. The van der Waals surface area contributed by atoms with E-state index in [9.17, 15) is 21.6 Å². The van der Waals surface area contributed by atoms with Crippen LogP contribution in [0.2, 0.25) is 5.02 Å². The van der Waals surface area contributed by atoms with Gasteiger partial charge in [0.2, 0.25) is 15.9 Å². The molecule has 2 N–H and O–H groups in total. The van der Waals surface area contributed by atoms with E-state index in [1.54, 1.807) is 37.3 Å². The van der Waals surface area contributed by atoms with Crippen LogP contribution in [0.3, 0.4) is 0 Å². The number of anilines is 2. The first kappa shape index (κ1) is 27.9. The summed E-state index contributed by atoms with van der Waals surface area (Å²) in [4.78, 5) is 13.1. The zero-order valence-electron chi connectivity index (χ0n) is 20.8. The van der Waals surface area contributed by atoms with Crippen LogP contribution >= 0.6 is 11.6 Å². The van der Waals surface area contributed by atoms with E-state index in [4.69, 9.17) is 16.3 Å². The van der Waals surface area contributed by atoms with Crippen molar-refractivity contribution in [3.05, 3.63) is 77.3 Å². The minimum atomic E-state index is -3.88. The molecule has 3 aromatic rings. The van der Waals surface area contributed by atoms with Gasteiger partial charge in [0.25, 0.3) is 10.0 Å². The Bertz CT molecular complexity index is 1530. The number of rotatable bonds is 8. The highest BCUT2D eigenvalue weighted by Gasteiger charge is 2.33. The maximum atomic E-state index is 13.1. The van der Waals surface area contributed by atoms with Gasteiger partial charge in [0.15, 0.2) is 0 Å². The zero-order chi connectivity index (χ0) is 27.5. The highest BCUT2D eigenvalue weighted by molar-refractivity contribution is 7.92. The number of carbonyl (C=O) groups is 1. The van der Waals surface area contributed by atoms with Crippen molar-refractivity contribution < 1.29 is 26.4 Å². The fourth-order valence-corrected chi connectivity index (χ4v) is 6.98. The van der Waals surface area contributed by atoms with Gasteiger partial charge < -0.3 is 10.1 Å². The van der Waals surface area contributed by atoms with Crippen molar-refractivity contribution in [1.82, 2.24) is 4.31 Å². The van der Waals surface area contributed by atoms with Gasteiger partial charge in [-0.25, -0.2) is 16.8 Å². The molecule has 0 spiro atoms. The fraction of sp³-hybridized carbons (Fsp3) is 0.269. The van der Waals surface area contributed by atoms with Gasteiger partial charge in [-0.05, 0) is 86.0 Å². The van der Waals surface area contributed by atoms with Gasteiger partial charge >= 0.3 is 0 Å². The van der Waals surface area contributed by atoms with Crippen LogP contribution in [-0.2, 0) is 24.8 Å². The molecule has 38 heavy (non-hydrogen) atoms. The van der Waals surface area contributed by atoms with Crippen LogP contribution in [-0.4, -0.2) is 47.2 Å². The summed E-state index contributed by atoms with van der Waals surface area (Å²) in [6.07, 6.45) is 1.08. The quantitative estimate of drug-likeness (QED) is 0.406. The molecule has 1 fully saturated rings. The molecule has 0 bridgehead atoms. The number of hydrogen-bond acceptors (Lipinski definition) is 6. The second kappa shape index (κ2) is 11.3. The third-order valence-electron chi connectivity index (χ3n) is 6.40. The van der Waals surface area contributed by atoms with Gasteiger partial charge in [-0.15, -0.1) is 0 Å². The molecule has 1 amide bonds. The van der Waals surface area contributed by atoms with Crippen molar-refractivity contribution in [2.24, 2.45) is 5.92 Å². The van der Waals surface area contributed by atoms with Crippen molar-refractivity contribution in [3.63, 3.8) is 0 Å². The first-order chi connectivity index (χ1) is 18.0. The van der Waals surface area contributed by atoms with Crippen LogP contribution < -0.4 is 14.8 Å². The maximum absolute atomic E-state index is 13.1. The largest absolute Gasteiger partial charge is 0.497 e. The van der Waals surface area contributed by atoms with E-state index < -0.39 is 26.0 Å². The number of ether oxygens (including phenoxy) is 1. The minimum Gasteiger partial charge on any atom is -0.497 e. The number of piperidine rings is 1. The number of halogens is 1. The average Bonchev–Trinajstić information content (AvgIpc) is 2.91. The second-order valence-corrected chi connectivity index (χ2v) is 12.9. The second-order valence-electron chi connectivity index (χ2n) is 8.91. The number of nitrogens with one attached hydrogen (secondary N) is 2. The number of sulfonamides is 2. The lowest BCUT2D eigenvalue weighted by Gasteiger charge is -2.31. The SMILES string of the molecule is COc1ccc(S(=O)(=O)N2CCC[C@H](C(=O)Nc3ccc(S(=O)(=O)Nc4cccc(Cl)c4C)cc3)C2)cc1. The molecule has 202 valence electrons. The van der Waals surface area contributed by atoms with Gasteiger partial charge in [-0.1, -0.05) is 17.7 Å². The van der Waals surface area contributed by atoms with Crippen molar-refractivity contribution in [1.29, 1.82) is 0 Å².